The van der Waals surface area contributed by atoms with Crippen LogP contribution in [-0.2, 0) is 0 Å². The van der Waals surface area contributed by atoms with Gasteiger partial charge in [0.05, 0.1) is 22.0 Å². The van der Waals surface area contributed by atoms with Crippen LogP contribution in [0.4, 0.5) is 10.8 Å². The molecule has 0 radical (unpaired) electrons. The molecule has 27 heavy (non-hydrogen) atoms. The molecule has 3 rings (SSSR count). The fraction of sp³-hybridized carbons (Fsp3) is 0.200. The lowest BCUT2D eigenvalue weighted by Gasteiger charge is -2.20. The van der Waals surface area contributed by atoms with Gasteiger partial charge >= 0.3 is 0 Å². The molecular formula is C20H20Cl2N4S. The molecule has 0 spiro atoms. The summed E-state index contributed by atoms with van der Waals surface area (Å²) < 4.78 is 0. The molecule has 0 atom stereocenters. The van der Waals surface area contributed by atoms with E-state index in [2.05, 4.69) is 58.5 Å². The third kappa shape index (κ3) is 5.01. The van der Waals surface area contributed by atoms with Gasteiger partial charge in [0, 0.05) is 29.7 Å². The van der Waals surface area contributed by atoms with Crippen molar-refractivity contribution < 1.29 is 0 Å². The van der Waals surface area contributed by atoms with Crippen LogP contribution in [0.15, 0.2) is 52.9 Å². The fourth-order valence-electron chi connectivity index (χ4n) is 2.64. The number of anilines is 2. The van der Waals surface area contributed by atoms with Gasteiger partial charge in [-0.3, -0.25) is 5.43 Å². The summed E-state index contributed by atoms with van der Waals surface area (Å²) in [6.07, 6.45) is 1.78. The molecule has 1 N–H and O–H groups in total. The summed E-state index contributed by atoms with van der Waals surface area (Å²) in [6.45, 7) is 6.31. The predicted molar refractivity (Wildman–Crippen MR) is 119 cm³/mol. The number of rotatable bonds is 7. The zero-order valence-corrected chi connectivity index (χ0v) is 17.4. The number of hydrazone groups is 1. The number of hydrogen-bond acceptors (Lipinski definition) is 5. The highest BCUT2D eigenvalue weighted by molar-refractivity contribution is 7.14. The van der Waals surface area contributed by atoms with Crippen molar-refractivity contribution in [2.45, 2.75) is 13.8 Å². The maximum atomic E-state index is 6.07. The minimum atomic E-state index is 0.517. The van der Waals surface area contributed by atoms with Gasteiger partial charge in [-0.05, 0) is 43.7 Å². The lowest BCUT2D eigenvalue weighted by molar-refractivity contribution is 0.866. The van der Waals surface area contributed by atoms with Gasteiger partial charge in [0.1, 0.15) is 0 Å². The summed E-state index contributed by atoms with van der Waals surface area (Å²) >= 11 is 13.5. The van der Waals surface area contributed by atoms with E-state index < -0.39 is 0 Å². The van der Waals surface area contributed by atoms with Gasteiger partial charge in [-0.15, -0.1) is 11.3 Å². The maximum absolute atomic E-state index is 6.07. The van der Waals surface area contributed by atoms with Crippen molar-refractivity contribution in [1.82, 2.24) is 4.98 Å². The van der Waals surface area contributed by atoms with Gasteiger partial charge in [0.15, 0.2) is 0 Å². The van der Waals surface area contributed by atoms with Gasteiger partial charge in [0.25, 0.3) is 0 Å². The van der Waals surface area contributed by atoms with Crippen LogP contribution in [0.25, 0.3) is 11.3 Å². The van der Waals surface area contributed by atoms with Crippen molar-refractivity contribution in [3.8, 4) is 11.3 Å². The molecule has 4 nitrogen and oxygen atoms in total. The van der Waals surface area contributed by atoms with Gasteiger partial charge in [-0.2, -0.15) is 5.10 Å². The highest BCUT2D eigenvalue weighted by Gasteiger charge is 2.06. The van der Waals surface area contributed by atoms with Crippen LogP contribution in [0.2, 0.25) is 10.0 Å². The summed E-state index contributed by atoms with van der Waals surface area (Å²) in [5, 5.41) is 8.00. The largest absolute Gasteiger partial charge is 0.372 e. The van der Waals surface area contributed by atoms with Gasteiger partial charge < -0.3 is 4.90 Å². The zero-order chi connectivity index (χ0) is 19.2. The Morgan fingerprint density at radius 2 is 1.81 bits per heavy atom. The van der Waals surface area contributed by atoms with E-state index in [9.17, 15) is 0 Å². The smallest absolute Gasteiger partial charge is 0.203 e. The van der Waals surface area contributed by atoms with Crippen molar-refractivity contribution in [3.63, 3.8) is 0 Å². The molecule has 0 aliphatic heterocycles. The Morgan fingerprint density at radius 3 is 2.48 bits per heavy atom. The second kappa shape index (κ2) is 9.22. The van der Waals surface area contributed by atoms with E-state index in [1.54, 1.807) is 12.3 Å². The van der Waals surface area contributed by atoms with Gasteiger partial charge in [0.2, 0.25) is 5.13 Å². The summed E-state index contributed by atoms with van der Waals surface area (Å²) in [4.78, 5) is 6.83. The standard InChI is InChI=1S/C20H20Cl2N4S/c1-3-26(4-2)16-8-5-14(6-9-16)12-23-25-20-24-19(13-27-20)15-7-10-17(21)18(22)11-15/h5-13H,3-4H2,1-2H3,(H,24,25)/b23-12+. The third-order valence-electron chi connectivity index (χ3n) is 4.12. The maximum Gasteiger partial charge on any atom is 0.203 e. The number of nitrogens with one attached hydrogen (secondary N) is 1. The number of aromatic nitrogens is 1. The molecule has 0 amide bonds. The molecule has 1 aromatic heterocycles. The molecule has 0 fully saturated rings. The molecular weight excluding hydrogens is 399 g/mol. The first-order valence-electron chi connectivity index (χ1n) is 8.65. The van der Waals surface area contributed by atoms with E-state index in [1.807, 2.05) is 17.5 Å². The third-order valence-corrected chi connectivity index (χ3v) is 5.60. The van der Waals surface area contributed by atoms with Crippen LogP contribution < -0.4 is 10.3 Å². The van der Waals surface area contributed by atoms with E-state index in [4.69, 9.17) is 23.2 Å². The highest BCUT2D eigenvalue weighted by atomic mass is 35.5. The Labute approximate surface area is 173 Å². The van der Waals surface area contributed by atoms with E-state index in [1.165, 1.54) is 17.0 Å². The van der Waals surface area contributed by atoms with Crippen LogP contribution in [0.3, 0.4) is 0 Å². The van der Waals surface area contributed by atoms with E-state index >= 15 is 0 Å². The van der Waals surface area contributed by atoms with E-state index in [0.717, 1.165) is 29.9 Å². The molecule has 140 valence electrons. The first kappa shape index (κ1) is 19.7. The first-order chi connectivity index (χ1) is 13.1. The Kier molecular flexibility index (Phi) is 6.72. The molecule has 0 saturated carbocycles. The fourth-order valence-corrected chi connectivity index (χ4v) is 3.60. The van der Waals surface area contributed by atoms with Crippen molar-refractivity contribution in [2.24, 2.45) is 5.10 Å². The number of nitrogens with zero attached hydrogens (tertiary/aromatic N) is 3. The van der Waals surface area contributed by atoms with Crippen LogP contribution in [0, 0.1) is 0 Å². The molecule has 7 heteroatoms. The Hall–Kier alpha value is -2.08. The van der Waals surface area contributed by atoms with Crippen molar-refractivity contribution in [2.75, 3.05) is 23.4 Å². The molecule has 0 saturated heterocycles. The topological polar surface area (TPSA) is 40.5 Å². The lowest BCUT2D eigenvalue weighted by Crippen LogP contribution is -2.21. The summed E-state index contributed by atoms with van der Waals surface area (Å²) in [5.74, 6) is 0. The average molecular weight is 419 g/mol. The minimum absolute atomic E-state index is 0.517. The van der Waals surface area contributed by atoms with Crippen LogP contribution in [-0.4, -0.2) is 24.3 Å². The Balaban J connectivity index is 1.63. The van der Waals surface area contributed by atoms with Gasteiger partial charge in [-0.25, -0.2) is 4.98 Å². The second-order valence-corrected chi connectivity index (χ2v) is 7.47. The number of hydrogen-bond donors (Lipinski definition) is 1. The molecule has 0 bridgehead atoms. The van der Waals surface area contributed by atoms with Crippen LogP contribution in [0.1, 0.15) is 19.4 Å². The first-order valence-corrected chi connectivity index (χ1v) is 10.3. The molecule has 3 aromatic rings. The SMILES string of the molecule is CCN(CC)c1ccc(/C=N/Nc2nc(-c3ccc(Cl)c(Cl)c3)cs2)cc1. The van der Waals surface area contributed by atoms with Crippen molar-refractivity contribution in [1.29, 1.82) is 0 Å². The normalized spacial score (nSPS) is 11.1. The predicted octanol–water partition coefficient (Wildman–Crippen LogP) is 6.41. The quantitative estimate of drug-likeness (QED) is 0.355. The number of benzene rings is 2. The lowest BCUT2D eigenvalue weighted by atomic mass is 10.2. The summed E-state index contributed by atoms with van der Waals surface area (Å²) in [7, 11) is 0. The van der Waals surface area contributed by atoms with E-state index in [0.29, 0.717) is 15.2 Å². The number of thiazole rings is 1. The average Bonchev–Trinajstić information content (AvgIpc) is 3.15. The monoisotopic (exact) mass is 418 g/mol. The highest BCUT2D eigenvalue weighted by Crippen LogP contribution is 2.30. The van der Waals surface area contributed by atoms with Crippen molar-refractivity contribution in [3.05, 3.63) is 63.5 Å². The molecule has 0 aliphatic carbocycles. The molecule has 0 aliphatic rings. The van der Waals surface area contributed by atoms with Crippen LogP contribution in [0.5, 0.6) is 0 Å². The Morgan fingerprint density at radius 1 is 1.07 bits per heavy atom. The number of halogens is 2. The van der Waals surface area contributed by atoms with Crippen LogP contribution >= 0.6 is 34.5 Å². The minimum Gasteiger partial charge on any atom is -0.372 e. The van der Waals surface area contributed by atoms with Crippen molar-refractivity contribution >= 4 is 51.6 Å². The molecule has 1 heterocycles. The Bertz CT molecular complexity index is 918. The second-order valence-electron chi connectivity index (χ2n) is 5.80. The van der Waals surface area contributed by atoms with E-state index in [-0.39, 0.29) is 0 Å². The molecule has 2 aromatic carbocycles. The molecule has 0 unspecified atom stereocenters. The zero-order valence-electron chi connectivity index (χ0n) is 15.1. The summed E-state index contributed by atoms with van der Waals surface area (Å²) in [6, 6.07) is 13.8. The van der Waals surface area contributed by atoms with Gasteiger partial charge in [-0.1, -0.05) is 41.4 Å². The summed E-state index contributed by atoms with van der Waals surface area (Å²) in [5.41, 5.74) is 6.98.